The van der Waals surface area contributed by atoms with E-state index in [2.05, 4.69) is 11.7 Å². The van der Waals surface area contributed by atoms with Crippen molar-refractivity contribution in [2.24, 2.45) is 7.05 Å². The Labute approximate surface area is 162 Å². The second kappa shape index (κ2) is 8.01. The third-order valence-corrected chi connectivity index (χ3v) is 4.29. The zero-order valence-electron chi connectivity index (χ0n) is 15.3. The smallest absolute Gasteiger partial charge is 0.262 e. The Bertz CT molecular complexity index is 847. The van der Waals surface area contributed by atoms with Gasteiger partial charge in [0, 0.05) is 27.2 Å². The van der Waals surface area contributed by atoms with Crippen molar-refractivity contribution >= 4 is 35.2 Å². The number of carbonyl (C=O) groups excluding carboxylic acids is 1. The quantitative estimate of drug-likeness (QED) is 0.727. The predicted molar refractivity (Wildman–Crippen MR) is 103 cm³/mol. The van der Waals surface area contributed by atoms with Gasteiger partial charge in [-0.15, -0.1) is 0 Å². The summed E-state index contributed by atoms with van der Waals surface area (Å²) < 4.78 is 13.2. The molecule has 0 saturated heterocycles. The lowest BCUT2D eigenvalue weighted by Crippen LogP contribution is -2.35. The van der Waals surface area contributed by atoms with Crippen molar-refractivity contribution in [2.75, 3.05) is 14.1 Å². The summed E-state index contributed by atoms with van der Waals surface area (Å²) in [5.74, 6) is 0.939. The van der Waals surface area contributed by atoms with Gasteiger partial charge >= 0.3 is 0 Å². The monoisotopic (exact) mass is 397 g/mol. The second-order valence-electron chi connectivity index (χ2n) is 5.94. The molecular formula is C18H21Cl2N3O3. The van der Waals surface area contributed by atoms with Crippen LogP contribution in [-0.2, 0) is 11.8 Å². The molecule has 2 aromatic rings. The molecule has 140 valence electrons. The van der Waals surface area contributed by atoms with Crippen LogP contribution in [0.1, 0.15) is 18.2 Å². The highest BCUT2D eigenvalue weighted by Crippen LogP contribution is 2.39. The highest BCUT2D eigenvalue weighted by atomic mass is 35.5. The van der Waals surface area contributed by atoms with Crippen LogP contribution in [0.25, 0.3) is 6.08 Å². The molecule has 1 aromatic carbocycles. The lowest BCUT2D eigenvalue weighted by Gasteiger charge is -2.19. The second-order valence-corrected chi connectivity index (χ2v) is 6.75. The number of benzene rings is 1. The Morgan fingerprint density at radius 3 is 2.50 bits per heavy atom. The zero-order valence-corrected chi connectivity index (χ0v) is 16.9. The summed E-state index contributed by atoms with van der Waals surface area (Å²) in [5.41, 5.74) is 1.54. The summed E-state index contributed by atoms with van der Waals surface area (Å²) in [5, 5.41) is 4.90. The topological polar surface area (TPSA) is 56.6 Å². The summed E-state index contributed by atoms with van der Waals surface area (Å²) in [6.45, 7) is 7.29. The van der Waals surface area contributed by atoms with Gasteiger partial charge in [-0.25, -0.2) is 4.68 Å². The van der Waals surface area contributed by atoms with Crippen molar-refractivity contribution in [1.82, 2.24) is 14.7 Å². The van der Waals surface area contributed by atoms with Crippen molar-refractivity contribution in [3.05, 3.63) is 40.0 Å². The van der Waals surface area contributed by atoms with Gasteiger partial charge in [-0.2, -0.15) is 5.10 Å². The standard InChI is InChI=1S/C18H21Cl2N3O3/c1-7-12-10(2)21-23(6)18(12)26-16-9-15(13(19)8-14(16)20)25-11(3)17(24)22(4)5/h7-9,11H,1H2,2-6H3/t11-/m0/s1. The maximum absolute atomic E-state index is 12.0. The molecule has 0 N–H and O–H groups in total. The van der Waals surface area contributed by atoms with Crippen LogP contribution >= 0.6 is 23.2 Å². The maximum atomic E-state index is 12.0. The molecule has 0 aliphatic carbocycles. The van der Waals surface area contributed by atoms with E-state index in [9.17, 15) is 4.79 Å². The van der Waals surface area contributed by atoms with E-state index in [1.165, 1.54) is 11.0 Å². The first-order valence-corrected chi connectivity index (χ1v) is 8.62. The van der Waals surface area contributed by atoms with E-state index >= 15 is 0 Å². The highest BCUT2D eigenvalue weighted by Gasteiger charge is 2.21. The highest BCUT2D eigenvalue weighted by molar-refractivity contribution is 6.36. The fourth-order valence-electron chi connectivity index (χ4n) is 2.40. The first-order valence-electron chi connectivity index (χ1n) is 7.86. The average molecular weight is 398 g/mol. The number of nitrogens with zero attached hydrogens (tertiary/aromatic N) is 3. The largest absolute Gasteiger partial charge is 0.479 e. The SMILES string of the molecule is C=Cc1c(C)nn(C)c1Oc1cc(O[C@@H](C)C(=O)N(C)C)c(Cl)cc1Cl. The van der Waals surface area contributed by atoms with Crippen LogP contribution in [0.3, 0.4) is 0 Å². The van der Waals surface area contributed by atoms with Crippen molar-refractivity contribution in [3.8, 4) is 17.4 Å². The van der Waals surface area contributed by atoms with Gasteiger partial charge in [-0.1, -0.05) is 35.9 Å². The van der Waals surface area contributed by atoms with Gasteiger partial charge in [-0.3, -0.25) is 4.79 Å². The van der Waals surface area contributed by atoms with Crippen LogP contribution in [0.4, 0.5) is 0 Å². The number of aryl methyl sites for hydroxylation is 2. The van der Waals surface area contributed by atoms with Gasteiger partial charge in [0.1, 0.15) is 5.75 Å². The number of likely N-dealkylation sites (N-methyl/N-ethyl adjacent to an activating group) is 1. The first-order chi connectivity index (χ1) is 12.1. The lowest BCUT2D eigenvalue weighted by molar-refractivity contribution is -0.135. The molecule has 0 radical (unpaired) electrons. The molecule has 1 atom stereocenters. The van der Waals surface area contributed by atoms with Gasteiger partial charge in [0.2, 0.25) is 5.88 Å². The molecule has 0 fully saturated rings. The molecule has 0 aliphatic heterocycles. The Morgan fingerprint density at radius 2 is 1.92 bits per heavy atom. The van der Waals surface area contributed by atoms with E-state index in [0.29, 0.717) is 22.4 Å². The number of amides is 1. The van der Waals surface area contributed by atoms with Crippen molar-refractivity contribution in [1.29, 1.82) is 0 Å². The zero-order chi connectivity index (χ0) is 19.6. The van der Waals surface area contributed by atoms with E-state index in [1.807, 2.05) is 6.92 Å². The Balaban J connectivity index is 2.36. The molecule has 0 unspecified atom stereocenters. The van der Waals surface area contributed by atoms with Crippen LogP contribution in [0, 0.1) is 6.92 Å². The van der Waals surface area contributed by atoms with Gasteiger partial charge in [0.05, 0.1) is 21.3 Å². The van der Waals surface area contributed by atoms with Crippen LogP contribution in [0.2, 0.25) is 10.0 Å². The van der Waals surface area contributed by atoms with E-state index in [4.69, 9.17) is 32.7 Å². The van der Waals surface area contributed by atoms with Crippen LogP contribution in [0.5, 0.6) is 17.4 Å². The molecule has 1 amide bonds. The lowest BCUT2D eigenvalue weighted by atomic mass is 10.2. The number of aromatic nitrogens is 2. The van der Waals surface area contributed by atoms with Gasteiger partial charge in [-0.05, 0) is 19.9 Å². The number of halogens is 2. The first kappa shape index (κ1) is 20.1. The van der Waals surface area contributed by atoms with Crippen LogP contribution in [0.15, 0.2) is 18.7 Å². The average Bonchev–Trinajstić information content (AvgIpc) is 2.83. The van der Waals surface area contributed by atoms with Crippen LogP contribution < -0.4 is 9.47 Å². The minimum Gasteiger partial charge on any atom is -0.479 e. The molecule has 2 rings (SSSR count). The van der Waals surface area contributed by atoms with E-state index < -0.39 is 6.10 Å². The molecule has 0 spiro atoms. The van der Waals surface area contributed by atoms with Crippen molar-refractivity contribution in [2.45, 2.75) is 20.0 Å². The molecule has 0 saturated carbocycles. The van der Waals surface area contributed by atoms with E-state index in [0.717, 1.165) is 11.3 Å². The third kappa shape index (κ3) is 4.14. The molecule has 1 aromatic heterocycles. The number of hydrogen-bond acceptors (Lipinski definition) is 4. The van der Waals surface area contributed by atoms with Crippen molar-refractivity contribution < 1.29 is 14.3 Å². The van der Waals surface area contributed by atoms with Gasteiger partial charge in [0.25, 0.3) is 5.91 Å². The summed E-state index contributed by atoms with van der Waals surface area (Å²) in [6, 6.07) is 3.07. The minimum atomic E-state index is -0.709. The Morgan fingerprint density at radius 1 is 1.31 bits per heavy atom. The van der Waals surface area contributed by atoms with E-state index in [-0.39, 0.29) is 10.9 Å². The fraction of sp³-hybridized carbons (Fsp3) is 0.333. The number of carbonyl (C=O) groups is 1. The Hall–Kier alpha value is -2.18. The molecule has 1 heterocycles. The number of hydrogen-bond donors (Lipinski definition) is 0. The normalized spacial score (nSPS) is 11.8. The van der Waals surface area contributed by atoms with Gasteiger partial charge < -0.3 is 14.4 Å². The third-order valence-electron chi connectivity index (χ3n) is 3.70. The van der Waals surface area contributed by atoms with Crippen molar-refractivity contribution in [3.63, 3.8) is 0 Å². The molecule has 6 nitrogen and oxygen atoms in total. The number of ether oxygens (including phenoxy) is 2. The van der Waals surface area contributed by atoms with E-state index in [1.54, 1.807) is 44.9 Å². The molecular weight excluding hydrogens is 377 g/mol. The summed E-state index contributed by atoms with van der Waals surface area (Å²) in [4.78, 5) is 13.5. The Kier molecular flexibility index (Phi) is 6.21. The van der Waals surface area contributed by atoms with Gasteiger partial charge in [0.15, 0.2) is 11.9 Å². The fourth-order valence-corrected chi connectivity index (χ4v) is 2.86. The number of rotatable bonds is 6. The predicted octanol–water partition coefficient (Wildman–Crippen LogP) is 4.33. The molecule has 0 aliphatic rings. The molecule has 26 heavy (non-hydrogen) atoms. The summed E-state index contributed by atoms with van der Waals surface area (Å²) in [7, 11) is 5.07. The minimum absolute atomic E-state index is 0.185. The summed E-state index contributed by atoms with van der Waals surface area (Å²) in [6.07, 6.45) is 0.954. The molecule has 8 heteroatoms. The maximum Gasteiger partial charge on any atom is 0.262 e. The summed E-state index contributed by atoms with van der Waals surface area (Å²) >= 11 is 12.5. The molecule has 0 bridgehead atoms. The van der Waals surface area contributed by atoms with Crippen LogP contribution in [-0.4, -0.2) is 40.8 Å².